The Morgan fingerprint density at radius 3 is 2.59 bits per heavy atom. The van der Waals surface area contributed by atoms with Gasteiger partial charge >= 0.3 is 6.09 Å². The quantitative estimate of drug-likeness (QED) is 0.283. The first kappa shape index (κ1) is 29.0. The summed E-state index contributed by atoms with van der Waals surface area (Å²) in [5.41, 5.74) is 2.76. The molecule has 1 aromatic heterocycles. The molecule has 4 rings (SSSR count). The zero-order valence-corrected chi connectivity index (χ0v) is 25.3. The number of likely N-dealkylation sites (N-methyl/N-ethyl adjacent to an activating group) is 1. The summed E-state index contributed by atoms with van der Waals surface area (Å²) in [6, 6.07) is 17.5. The summed E-state index contributed by atoms with van der Waals surface area (Å²) in [6.07, 6.45) is 0.827. The van der Waals surface area contributed by atoms with Crippen molar-refractivity contribution in [3.8, 4) is 11.5 Å². The highest BCUT2D eigenvalue weighted by atomic mass is 28.4. The maximum Gasteiger partial charge on any atom is 0.410 e. The van der Waals surface area contributed by atoms with E-state index in [1.165, 1.54) is 0 Å². The van der Waals surface area contributed by atoms with Gasteiger partial charge in [-0.1, -0.05) is 68.4 Å². The SMILES string of the molecule is Cc1noc(-c2cccc(C(CN3CC[C@H](O[Si](C)(C)C(C)(C)C)C3)N(C)C(=O)OCc3ccccc3)c2)n1. The Morgan fingerprint density at radius 1 is 1.18 bits per heavy atom. The van der Waals surface area contributed by atoms with Gasteiger partial charge in [-0.15, -0.1) is 0 Å². The Kier molecular flexibility index (Phi) is 8.93. The second-order valence-corrected chi connectivity index (χ2v) is 16.7. The van der Waals surface area contributed by atoms with Crippen LogP contribution in [0.1, 0.15) is 50.2 Å². The maximum absolute atomic E-state index is 13.3. The third kappa shape index (κ3) is 7.35. The van der Waals surface area contributed by atoms with Gasteiger partial charge in [0.05, 0.1) is 12.1 Å². The van der Waals surface area contributed by atoms with Crippen molar-refractivity contribution in [2.75, 3.05) is 26.7 Å². The Bertz CT molecular complexity index is 1240. The number of hydrogen-bond donors (Lipinski definition) is 0. The van der Waals surface area contributed by atoms with Gasteiger partial charge in [0.15, 0.2) is 14.1 Å². The lowest BCUT2D eigenvalue weighted by molar-refractivity contribution is 0.0819. The molecule has 3 aromatic rings. The van der Waals surface area contributed by atoms with Crippen LogP contribution < -0.4 is 0 Å². The highest BCUT2D eigenvalue weighted by Gasteiger charge is 2.41. The van der Waals surface area contributed by atoms with Gasteiger partial charge in [-0.25, -0.2) is 4.79 Å². The van der Waals surface area contributed by atoms with Gasteiger partial charge in [-0.05, 0) is 54.7 Å². The monoisotopic (exact) mass is 550 g/mol. The average molecular weight is 551 g/mol. The zero-order valence-electron chi connectivity index (χ0n) is 24.3. The van der Waals surface area contributed by atoms with Crippen molar-refractivity contribution in [2.24, 2.45) is 0 Å². The molecule has 1 saturated heterocycles. The first-order chi connectivity index (χ1) is 18.4. The van der Waals surface area contributed by atoms with Gasteiger partial charge in [0, 0.05) is 32.2 Å². The average Bonchev–Trinajstić information content (AvgIpc) is 3.53. The minimum absolute atomic E-state index is 0.166. The predicted octanol–water partition coefficient (Wildman–Crippen LogP) is 6.45. The summed E-state index contributed by atoms with van der Waals surface area (Å²) in [4.78, 5) is 21.7. The number of aryl methyl sites for hydroxylation is 1. The first-order valence-corrected chi connectivity index (χ1v) is 16.6. The molecule has 1 amide bonds. The fourth-order valence-corrected chi connectivity index (χ4v) is 5.97. The van der Waals surface area contributed by atoms with Crippen LogP contribution in [0.5, 0.6) is 0 Å². The lowest BCUT2D eigenvalue weighted by atomic mass is 10.0. The second kappa shape index (κ2) is 12.0. The molecule has 9 heteroatoms. The van der Waals surface area contributed by atoms with Gasteiger partial charge in [-0.3, -0.25) is 4.90 Å². The van der Waals surface area contributed by atoms with Crippen LogP contribution >= 0.6 is 0 Å². The fraction of sp³-hybridized carbons (Fsp3) is 0.500. The third-order valence-electron chi connectivity index (χ3n) is 7.93. The van der Waals surface area contributed by atoms with Crippen molar-refractivity contribution < 1.29 is 18.5 Å². The van der Waals surface area contributed by atoms with Crippen molar-refractivity contribution in [1.29, 1.82) is 0 Å². The summed E-state index contributed by atoms with van der Waals surface area (Å²) in [7, 11) is -0.0568. The molecule has 2 aromatic carbocycles. The van der Waals surface area contributed by atoms with Crippen molar-refractivity contribution in [2.45, 2.75) is 71.0 Å². The molecule has 39 heavy (non-hydrogen) atoms. The molecule has 8 nitrogen and oxygen atoms in total. The van der Waals surface area contributed by atoms with E-state index in [0.29, 0.717) is 18.3 Å². The van der Waals surface area contributed by atoms with Crippen LogP contribution in [0.3, 0.4) is 0 Å². The molecule has 1 aliphatic heterocycles. The Hall–Kier alpha value is -3.01. The van der Waals surface area contributed by atoms with E-state index in [1.54, 1.807) is 18.9 Å². The van der Waals surface area contributed by atoms with Crippen LogP contribution in [-0.4, -0.2) is 67.1 Å². The van der Waals surface area contributed by atoms with Crippen LogP contribution in [0.25, 0.3) is 11.5 Å². The molecule has 0 saturated carbocycles. The number of amides is 1. The molecule has 1 aliphatic rings. The molecule has 1 fully saturated rings. The second-order valence-electron chi connectivity index (χ2n) is 12.0. The molecule has 1 unspecified atom stereocenters. The van der Waals surface area contributed by atoms with Crippen molar-refractivity contribution >= 4 is 14.4 Å². The van der Waals surface area contributed by atoms with E-state index in [2.05, 4.69) is 48.9 Å². The van der Waals surface area contributed by atoms with Crippen molar-refractivity contribution in [1.82, 2.24) is 19.9 Å². The van der Waals surface area contributed by atoms with Crippen LogP contribution in [0, 0.1) is 6.92 Å². The molecular weight excluding hydrogens is 508 g/mol. The Morgan fingerprint density at radius 2 is 1.92 bits per heavy atom. The summed E-state index contributed by atoms with van der Waals surface area (Å²) in [5.74, 6) is 1.05. The van der Waals surface area contributed by atoms with Crippen LogP contribution in [0.4, 0.5) is 4.79 Å². The zero-order chi connectivity index (χ0) is 28.2. The van der Waals surface area contributed by atoms with E-state index in [-0.39, 0.29) is 29.9 Å². The van der Waals surface area contributed by atoms with Crippen molar-refractivity contribution in [3.63, 3.8) is 0 Å². The normalized spacial score (nSPS) is 17.3. The highest BCUT2D eigenvalue weighted by molar-refractivity contribution is 6.74. The van der Waals surface area contributed by atoms with Gasteiger partial charge in [0.1, 0.15) is 6.61 Å². The lowest BCUT2D eigenvalue weighted by Crippen LogP contribution is -2.45. The van der Waals surface area contributed by atoms with E-state index in [9.17, 15) is 4.79 Å². The van der Waals surface area contributed by atoms with Crippen molar-refractivity contribution in [3.05, 3.63) is 71.5 Å². The van der Waals surface area contributed by atoms with Crippen LogP contribution in [-0.2, 0) is 15.8 Å². The van der Waals surface area contributed by atoms with E-state index in [0.717, 1.165) is 36.2 Å². The maximum atomic E-state index is 13.3. The number of nitrogens with zero attached hydrogens (tertiary/aromatic N) is 4. The molecule has 210 valence electrons. The van der Waals surface area contributed by atoms with E-state index in [1.807, 2.05) is 54.6 Å². The molecule has 0 bridgehead atoms. The van der Waals surface area contributed by atoms with E-state index >= 15 is 0 Å². The number of benzene rings is 2. The van der Waals surface area contributed by atoms with E-state index < -0.39 is 8.32 Å². The van der Waals surface area contributed by atoms with E-state index in [4.69, 9.17) is 13.7 Å². The fourth-order valence-electron chi connectivity index (χ4n) is 4.59. The Labute approximate surface area is 233 Å². The molecule has 0 N–H and O–H groups in total. The molecule has 0 aliphatic carbocycles. The topological polar surface area (TPSA) is 80.9 Å². The molecule has 2 atom stereocenters. The minimum atomic E-state index is -1.86. The minimum Gasteiger partial charge on any atom is -0.445 e. The van der Waals surface area contributed by atoms with Gasteiger partial charge in [0.2, 0.25) is 0 Å². The number of ether oxygens (including phenoxy) is 1. The summed E-state index contributed by atoms with van der Waals surface area (Å²) >= 11 is 0. The largest absolute Gasteiger partial charge is 0.445 e. The molecule has 2 heterocycles. The third-order valence-corrected chi connectivity index (χ3v) is 12.5. The number of carbonyl (C=O) groups excluding carboxylic acids is 1. The number of carbonyl (C=O) groups is 1. The van der Waals surface area contributed by atoms with Gasteiger partial charge in [0.25, 0.3) is 5.89 Å². The standard InChI is InChI=1S/C30H42N4O4Si/c1-22-31-28(37-32-22)25-15-11-14-24(18-25)27(33(5)29(35)36-21-23-12-9-8-10-13-23)20-34-17-16-26(19-34)38-39(6,7)30(2,3)4/h8-15,18,26-27H,16-17,19-21H2,1-7H3/t26-,27?/m0/s1. The van der Waals surface area contributed by atoms with Gasteiger partial charge < -0.3 is 18.6 Å². The Balaban J connectivity index is 1.52. The smallest absolute Gasteiger partial charge is 0.410 e. The number of rotatable bonds is 9. The summed E-state index contributed by atoms with van der Waals surface area (Å²) < 4.78 is 17.8. The molecule has 0 radical (unpaired) electrons. The van der Waals surface area contributed by atoms with Gasteiger partial charge in [-0.2, -0.15) is 4.98 Å². The predicted molar refractivity (Wildman–Crippen MR) is 155 cm³/mol. The number of aromatic nitrogens is 2. The van der Waals surface area contributed by atoms with Crippen LogP contribution in [0.2, 0.25) is 18.1 Å². The molecule has 0 spiro atoms. The highest BCUT2D eigenvalue weighted by Crippen LogP contribution is 2.38. The first-order valence-electron chi connectivity index (χ1n) is 13.7. The van der Waals surface area contributed by atoms with Crippen LogP contribution in [0.15, 0.2) is 59.1 Å². The lowest BCUT2D eigenvalue weighted by Gasteiger charge is -2.38. The summed E-state index contributed by atoms with van der Waals surface area (Å²) in [6.45, 7) is 15.9. The number of hydrogen-bond acceptors (Lipinski definition) is 7. The molecular formula is C30H42N4O4Si. The summed E-state index contributed by atoms with van der Waals surface area (Å²) in [5, 5.41) is 4.10. The number of likely N-dealkylation sites (tertiary alicyclic amines) is 1.